The Morgan fingerprint density at radius 3 is 2.58 bits per heavy atom. The molecule has 68 valence electrons. The summed E-state index contributed by atoms with van der Waals surface area (Å²) in [5.41, 5.74) is 0. The zero-order valence-corrected chi connectivity index (χ0v) is 6.49. The minimum Gasteiger partial charge on any atom is -0.479 e. The highest BCUT2D eigenvalue weighted by Crippen LogP contribution is 1.83. The van der Waals surface area contributed by atoms with Crippen LogP contribution < -0.4 is 5.32 Å². The van der Waals surface area contributed by atoms with E-state index in [2.05, 4.69) is 11.9 Å². The van der Waals surface area contributed by atoms with Crippen LogP contribution in [0.3, 0.4) is 0 Å². The Labute approximate surface area is 69.7 Å². The Bertz CT molecular complexity index is 190. The van der Waals surface area contributed by atoms with Crippen LogP contribution in [0.4, 0.5) is 0 Å². The van der Waals surface area contributed by atoms with Crippen LogP contribution in [0.5, 0.6) is 0 Å². The molecule has 0 saturated heterocycles. The molecule has 0 aliphatic heterocycles. The van der Waals surface area contributed by atoms with Crippen molar-refractivity contribution in [3.05, 3.63) is 12.7 Å². The number of aliphatic carboxylic acids is 1. The van der Waals surface area contributed by atoms with Gasteiger partial charge in [-0.2, -0.15) is 0 Å². The zero-order valence-electron chi connectivity index (χ0n) is 6.49. The summed E-state index contributed by atoms with van der Waals surface area (Å²) in [6.07, 6.45) is -0.0341. The molecule has 0 rings (SSSR count). The van der Waals surface area contributed by atoms with Gasteiger partial charge in [-0.15, -0.1) is 6.58 Å². The van der Waals surface area contributed by atoms with E-state index in [4.69, 9.17) is 10.2 Å². The van der Waals surface area contributed by atoms with E-state index in [0.717, 1.165) is 0 Å². The molecule has 0 aromatic rings. The number of rotatable bonds is 5. The lowest BCUT2D eigenvalue weighted by molar-refractivity contribution is -0.146. The molecule has 3 N–H and O–H groups in total. The largest absolute Gasteiger partial charge is 0.479 e. The van der Waals surface area contributed by atoms with Crippen molar-refractivity contribution in [3.8, 4) is 0 Å². The molecule has 1 atom stereocenters. The van der Waals surface area contributed by atoms with Crippen LogP contribution in [0.15, 0.2) is 12.7 Å². The summed E-state index contributed by atoms with van der Waals surface area (Å²) < 4.78 is 0. The third-order valence-corrected chi connectivity index (χ3v) is 1.11. The summed E-state index contributed by atoms with van der Waals surface area (Å²) in [6.45, 7) is 3.05. The second-order valence-electron chi connectivity index (χ2n) is 2.15. The summed E-state index contributed by atoms with van der Waals surface area (Å²) in [6, 6.07) is 0. The first kappa shape index (κ1) is 10.6. The fourth-order valence-electron chi connectivity index (χ4n) is 0.501. The first-order valence-electron chi connectivity index (χ1n) is 3.36. The van der Waals surface area contributed by atoms with Gasteiger partial charge in [0.1, 0.15) is 0 Å². The van der Waals surface area contributed by atoms with Gasteiger partial charge in [0, 0.05) is 6.42 Å². The summed E-state index contributed by atoms with van der Waals surface area (Å²) in [5.74, 6) is -1.71. The van der Waals surface area contributed by atoms with Gasteiger partial charge in [-0.05, 0) is 0 Å². The predicted octanol–water partition coefficient (Wildman–Crippen LogP) is -0.876. The van der Waals surface area contributed by atoms with E-state index in [-0.39, 0.29) is 18.9 Å². The van der Waals surface area contributed by atoms with Gasteiger partial charge in [0.2, 0.25) is 5.91 Å². The number of nitrogens with one attached hydrogen (secondary N) is 1. The van der Waals surface area contributed by atoms with Crippen molar-refractivity contribution >= 4 is 11.9 Å². The van der Waals surface area contributed by atoms with Gasteiger partial charge in [0.15, 0.2) is 6.10 Å². The van der Waals surface area contributed by atoms with Crippen molar-refractivity contribution in [2.24, 2.45) is 0 Å². The molecule has 0 saturated carbocycles. The van der Waals surface area contributed by atoms with E-state index in [0.29, 0.717) is 0 Å². The number of carbonyl (C=O) groups is 2. The van der Waals surface area contributed by atoms with E-state index < -0.39 is 12.1 Å². The highest BCUT2D eigenvalue weighted by Gasteiger charge is 2.12. The molecule has 1 amide bonds. The maximum Gasteiger partial charge on any atom is 0.334 e. The van der Waals surface area contributed by atoms with E-state index in [9.17, 15) is 9.59 Å². The lowest BCUT2D eigenvalue weighted by atomic mass is 10.3. The standard InChI is InChI=1S/C7H11NO4/c1-2-3-6(10)8-4-5(9)7(11)12/h2,5,9H,1,3-4H2,(H,8,10)(H,11,12). The Hall–Kier alpha value is -1.36. The second-order valence-corrected chi connectivity index (χ2v) is 2.15. The van der Waals surface area contributed by atoms with Gasteiger partial charge in [-0.1, -0.05) is 6.08 Å². The number of carboxylic acids is 1. The molecule has 0 spiro atoms. The van der Waals surface area contributed by atoms with Crippen molar-refractivity contribution < 1.29 is 19.8 Å². The highest BCUT2D eigenvalue weighted by molar-refractivity contribution is 5.78. The molecule has 5 nitrogen and oxygen atoms in total. The predicted molar refractivity (Wildman–Crippen MR) is 41.5 cm³/mol. The van der Waals surface area contributed by atoms with Gasteiger partial charge in [-0.25, -0.2) is 4.79 Å². The minimum absolute atomic E-state index is 0.117. The van der Waals surface area contributed by atoms with Crippen LogP contribution in [0.25, 0.3) is 0 Å². The van der Waals surface area contributed by atoms with Crippen molar-refractivity contribution in [2.75, 3.05) is 6.54 Å². The van der Waals surface area contributed by atoms with E-state index in [1.165, 1.54) is 6.08 Å². The number of amides is 1. The average molecular weight is 173 g/mol. The molecule has 0 fully saturated rings. The molecular weight excluding hydrogens is 162 g/mol. The molecule has 12 heavy (non-hydrogen) atoms. The van der Waals surface area contributed by atoms with Gasteiger partial charge in [0.05, 0.1) is 6.54 Å². The second kappa shape index (κ2) is 5.31. The molecule has 5 heteroatoms. The Morgan fingerprint density at radius 1 is 1.58 bits per heavy atom. The topological polar surface area (TPSA) is 86.6 Å². The number of aliphatic hydroxyl groups excluding tert-OH is 1. The van der Waals surface area contributed by atoms with Crippen LogP contribution in [0.2, 0.25) is 0 Å². The Morgan fingerprint density at radius 2 is 2.17 bits per heavy atom. The van der Waals surface area contributed by atoms with E-state index >= 15 is 0 Å². The fourth-order valence-corrected chi connectivity index (χ4v) is 0.501. The summed E-state index contributed by atoms with van der Waals surface area (Å²) in [5, 5.41) is 19.1. The molecule has 0 heterocycles. The summed E-state index contributed by atoms with van der Waals surface area (Å²) >= 11 is 0. The SMILES string of the molecule is C=CCC(=O)NCC(O)C(=O)O. The van der Waals surface area contributed by atoms with Gasteiger partial charge >= 0.3 is 5.97 Å². The van der Waals surface area contributed by atoms with Gasteiger partial charge in [-0.3, -0.25) is 4.79 Å². The van der Waals surface area contributed by atoms with Crippen molar-refractivity contribution in [1.82, 2.24) is 5.32 Å². The third kappa shape index (κ3) is 4.45. The van der Waals surface area contributed by atoms with Crippen LogP contribution in [0.1, 0.15) is 6.42 Å². The van der Waals surface area contributed by atoms with Crippen LogP contribution in [-0.2, 0) is 9.59 Å². The van der Waals surface area contributed by atoms with Crippen molar-refractivity contribution in [3.63, 3.8) is 0 Å². The summed E-state index contributed by atoms with van der Waals surface area (Å²) in [4.78, 5) is 20.7. The van der Waals surface area contributed by atoms with Crippen molar-refractivity contribution in [2.45, 2.75) is 12.5 Å². The quantitative estimate of drug-likeness (QED) is 0.471. The number of hydrogen-bond acceptors (Lipinski definition) is 3. The number of carbonyl (C=O) groups excluding carboxylic acids is 1. The first-order chi connectivity index (χ1) is 5.57. The number of carboxylic acid groups (broad SMARTS) is 1. The molecule has 0 aliphatic carbocycles. The molecule has 0 radical (unpaired) electrons. The first-order valence-corrected chi connectivity index (χ1v) is 3.36. The Balaban J connectivity index is 3.60. The molecule has 0 bridgehead atoms. The molecule has 0 aromatic heterocycles. The fraction of sp³-hybridized carbons (Fsp3) is 0.429. The lowest BCUT2D eigenvalue weighted by Crippen LogP contribution is -2.36. The van der Waals surface area contributed by atoms with Crippen LogP contribution in [0, 0.1) is 0 Å². The lowest BCUT2D eigenvalue weighted by Gasteiger charge is -2.05. The van der Waals surface area contributed by atoms with Gasteiger partial charge in [0.25, 0.3) is 0 Å². The monoisotopic (exact) mass is 173 g/mol. The van der Waals surface area contributed by atoms with Crippen molar-refractivity contribution in [1.29, 1.82) is 0 Å². The molecule has 1 unspecified atom stereocenters. The maximum atomic E-state index is 10.7. The molecular formula is C7H11NO4. The number of aliphatic hydroxyl groups is 1. The number of hydrogen-bond donors (Lipinski definition) is 3. The highest BCUT2D eigenvalue weighted by atomic mass is 16.4. The van der Waals surface area contributed by atoms with Crippen LogP contribution in [-0.4, -0.2) is 34.7 Å². The molecule has 0 aliphatic rings. The Kier molecular flexibility index (Phi) is 4.71. The molecule has 0 aromatic carbocycles. The average Bonchev–Trinajstić information content (AvgIpc) is 2.00. The zero-order chi connectivity index (χ0) is 9.56. The van der Waals surface area contributed by atoms with Gasteiger partial charge < -0.3 is 15.5 Å². The van der Waals surface area contributed by atoms with E-state index in [1.54, 1.807) is 0 Å². The third-order valence-electron chi connectivity index (χ3n) is 1.11. The maximum absolute atomic E-state index is 10.7. The smallest absolute Gasteiger partial charge is 0.334 e. The van der Waals surface area contributed by atoms with E-state index in [1.807, 2.05) is 0 Å². The van der Waals surface area contributed by atoms with Crippen LogP contribution >= 0.6 is 0 Å². The normalized spacial score (nSPS) is 11.8. The minimum atomic E-state index is -1.54. The summed E-state index contributed by atoms with van der Waals surface area (Å²) in [7, 11) is 0.